The van der Waals surface area contributed by atoms with E-state index in [4.69, 9.17) is 23.2 Å². The van der Waals surface area contributed by atoms with Gasteiger partial charge in [0.1, 0.15) is 11.4 Å². The summed E-state index contributed by atoms with van der Waals surface area (Å²) in [4.78, 5) is 21.4. The van der Waals surface area contributed by atoms with Crippen LogP contribution in [0, 0.1) is 10.7 Å². The molecule has 1 aromatic carbocycles. The fourth-order valence-corrected chi connectivity index (χ4v) is 1.49. The molecule has 0 aliphatic carbocycles. The monoisotopic (exact) mass is 265 g/mol. The Morgan fingerprint density at radius 3 is 2.69 bits per heavy atom. The van der Waals surface area contributed by atoms with E-state index in [9.17, 15) is 14.1 Å². The lowest BCUT2D eigenvalue weighted by atomic mass is 10.1. The molecular weight excluding hydrogens is 260 g/mol. The molecule has 0 saturated carbocycles. The Balaban J connectivity index is 3.37. The summed E-state index contributed by atoms with van der Waals surface area (Å²) in [6.45, 7) is 0. The van der Waals surface area contributed by atoms with Gasteiger partial charge in [0.15, 0.2) is 5.50 Å². The van der Waals surface area contributed by atoms with E-state index in [-0.39, 0.29) is 10.6 Å². The molecule has 0 aliphatic heterocycles. The highest BCUT2D eigenvalue weighted by Gasteiger charge is 2.23. The van der Waals surface area contributed by atoms with Gasteiger partial charge in [-0.05, 0) is 11.2 Å². The van der Waals surface area contributed by atoms with Gasteiger partial charge in [-0.1, -0.05) is 29.3 Å². The SMILES string of the molecule is COC(=O)c1c(Cl)ccc(C(Cl)N=O)c1F. The number of nitrogens with zero attached hydrogens (tertiary/aromatic N) is 1. The number of carbonyl (C=O) groups excluding carboxylic acids is 1. The van der Waals surface area contributed by atoms with Crippen molar-refractivity contribution >= 4 is 29.2 Å². The quantitative estimate of drug-likeness (QED) is 0.365. The number of hydrogen-bond donors (Lipinski definition) is 0. The fourth-order valence-electron chi connectivity index (χ4n) is 1.10. The zero-order valence-electron chi connectivity index (χ0n) is 8.04. The van der Waals surface area contributed by atoms with Gasteiger partial charge < -0.3 is 4.74 Å². The first kappa shape index (κ1) is 12.9. The highest BCUT2D eigenvalue weighted by Crippen LogP contribution is 2.30. The van der Waals surface area contributed by atoms with Crippen LogP contribution in [0.5, 0.6) is 0 Å². The van der Waals surface area contributed by atoms with Crippen molar-refractivity contribution in [1.29, 1.82) is 0 Å². The van der Waals surface area contributed by atoms with E-state index >= 15 is 0 Å². The first-order valence-corrected chi connectivity index (χ1v) is 4.87. The number of alkyl halides is 1. The zero-order chi connectivity index (χ0) is 12.3. The Morgan fingerprint density at radius 2 is 2.19 bits per heavy atom. The second-order valence-electron chi connectivity index (χ2n) is 2.76. The van der Waals surface area contributed by atoms with Gasteiger partial charge in [0, 0.05) is 5.56 Å². The summed E-state index contributed by atoms with van der Waals surface area (Å²) in [5, 5.41) is 2.33. The number of nitroso groups, excluding NO2 is 1. The fraction of sp³-hybridized carbons (Fsp3) is 0.222. The van der Waals surface area contributed by atoms with Crippen molar-refractivity contribution in [1.82, 2.24) is 0 Å². The standard InChI is InChI=1S/C9H6Cl2FNO3/c1-16-9(14)6-5(10)3-2-4(7(6)12)8(11)13-15/h2-3,8H,1H3. The number of halogens is 3. The Bertz CT molecular complexity index is 439. The lowest BCUT2D eigenvalue weighted by Crippen LogP contribution is -2.08. The molecule has 1 rings (SSSR count). The Hall–Kier alpha value is -1.20. The second-order valence-corrected chi connectivity index (χ2v) is 3.58. The van der Waals surface area contributed by atoms with Crippen molar-refractivity contribution in [3.05, 3.63) is 39.0 Å². The van der Waals surface area contributed by atoms with Gasteiger partial charge in [0.05, 0.1) is 12.1 Å². The highest BCUT2D eigenvalue weighted by molar-refractivity contribution is 6.33. The van der Waals surface area contributed by atoms with Crippen LogP contribution in [0.2, 0.25) is 5.02 Å². The molecule has 7 heteroatoms. The van der Waals surface area contributed by atoms with E-state index in [0.717, 1.165) is 7.11 Å². The van der Waals surface area contributed by atoms with Gasteiger partial charge in [-0.15, -0.1) is 4.91 Å². The molecule has 0 saturated heterocycles. The summed E-state index contributed by atoms with van der Waals surface area (Å²) in [6, 6.07) is 2.43. The molecule has 1 unspecified atom stereocenters. The molecule has 1 aromatic rings. The summed E-state index contributed by atoms with van der Waals surface area (Å²) in [5.41, 5.74) is -2.10. The van der Waals surface area contributed by atoms with Crippen molar-refractivity contribution in [2.24, 2.45) is 5.18 Å². The number of carbonyl (C=O) groups is 1. The van der Waals surface area contributed by atoms with Crippen molar-refractivity contribution in [2.45, 2.75) is 5.50 Å². The molecule has 0 heterocycles. The van der Waals surface area contributed by atoms with E-state index in [0.29, 0.717) is 0 Å². The molecule has 0 bridgehead atoms. The number of esters is 1. The average Bonchev–Trinajstić information content (AvgIpc) is 2.28. The summed E-state index contributed by atoms with van der Waals surface area (Å²) in [7, 11) is 1.08. The minimum atomic E-state index is -1.42. The van der Waals surface area contributed by atoms with Crippen LogP contribution in [0.3, 0.4) is 0 Å². The predicted molar refractivity (Wildman–Crippen MR) is 57.1 cm³/mol. The Labute approximate surface area is 100 Å². The van der Waals surface area contributed by atoms with Crippen LogP contribution in [0.1, 0.15) is 21.4 Å². The van der Waals surface area contributed by atoms with E-state index in [1.807, 2.05) is 0 Å². The Kier molecular flexibility index (Phi) is 4.20. The normalized spacial score (nSPS) is 12.0. The molecule has 0 spiro atoms. The third kappa shape index (κ3) is 2.31. The molecule has 0 amide bonds. The van der Waals surface area contributed by atoms with Crippen LogP contribution in [-0.2, 0) is 4.74 Å². The molecule has 1 atom stereocenters. The smallest absolute Gasteiger partial charge is 0.342 e. The summed E-state index contributed by atoms with van der Waals surface area (Å²) in [5.74, 6) is -1.95. The first-order valence-electron chi connectivity index (χ1n) is 4.05. The number of methoxy groups -OCH3 is 1. The summed E-state index contributed by atoms with van der Waals surface area (Å²) in [6.07, 6.45) is 0. The van der Waals surface area contributed by atoms with Gasteiger partial charge in [0.2, 0.25) is 0 Å². The molecule has 16 heavy (non-hydrogen) atoms. The second kappa shape index (κ2) is 5.23. The lowest BCUT2D eigenvalue weighted by molar-refractivity contribution is 0.0595. The van der Waals surface area contributed by atoms with Crippen molar-refractivity contribution in [3.8, 4) is 0 Å². The van der Waals surface area contributed by atoms with Crippen LogP contribution < -0.4 is 0 Å². The molecule has 0 fully saturated rings. The summed E-state index contributed by atoms with van der Waals surface area (Å²) >= 11 is 11.1. The molecule has 86 valence electrons. The number of rotatable bonds is 3. The maximum atomic E-state index is 13.7. The minimum Gasteiger partial charge on any atom is -0.465 e. The van der Waals surface area contributed by atoms with Crippen LogP contribution >= 0.6 is 23.2 Å². The van der Waals surface area contributed by atoms with E-state index < -0.39 is 22.9 Å². The van der Waals surface area contributed by atoms with Crippen molar-refractivity contribution < 1.29 is 13.9 Å². The zero-order valence-corrected chi connectivity index (χ0v) is 9.55. The molecular formula is C9H6Cl2FNO3. The minimum absolute atomic E-state index is 0.122. The highest BCUT2D eigenvalue weighted by atomic mass is 35.5. The van der Waals surface area contributed by atoms with E-state index in [1.165, 1.54) is 12.1 Å². The molecule has 4 nitrogen and oxygen atoms in total. The number of benzene rings is 1. The average molecular weight is 266 g/mol. The predicted octanol–water partition coefficient (Wildman–Crippen LogP) is 3.27. The van der Waals surface area contributed by atoms with Crippen LogP contribution in [-0.4, -0.2) is 13.1 Å². The van der Waals surface area contributed by atoms with Gasteiger partial charge in [-0.25, -0.2) is 9.18 Å². The number of hydrogen-bond acceptors (Lipinski definition) is 4. The third-order valence-corrected chi connectivity index (χ3v) is 2.49. The lowest BCUT2D eigenvalue weighted by Gasteiger charge is -2.08. The maximum absolute atomic E-state index is 13.7. The molecule has 0 aromatic heterocycles. The maximum Gasteiger partial charge on any atom is 0.342 e. The number of ether oxygens (including phenoxy) is 1. The van der Waals surface area contributed by atoms with Crippen LogP contribution in [0.25, 0.3) is 0 Å². The molecule has 0 N–H and O–H groups in total. The third-order valence-electron chi connectivity index (χ3n) is 1.86. The topological polar surface area (TPSA) is 55.7 Å². The van der Waals surface area contributed by atoms with Crippen molar-refractivity contribution in [3.63, 3.8) is 0 Å². The Morgan fingerprint density at radius 1 is 1.56 bits per heavy atom. The first-order chi connectivity index (χ1) is 7.52. The van der Waals surface area contributed by atoms with Crippen molar-refractivity contribution in [2.75, 3.05) is 7.11 Å². The van der Waals surface area contributed by atoms with Crippen LogP contribution in [0.4, 0.5) is 4.39 Å². The van der Waals surface area contributed by atoms with E-state index in [2.05, 4.69) is 9.91 Å². The van der Waals surface area contributed by atoms with Gasteiger partial charge in [-0.2, -0.15) is 0 Å². The molecule has 0 aliphatic rings. The summed E-state index contributed by atoms with van der Waals surface area (Å²) < 4.78 is 18.1. The van der Waals surface area contributed by atoms with Crippen LogP contribution in [0.15, 0.2) is 17.3 Å². The van der Waals surface area contributed by atoms with Gasteiger partial charge in [0.25, 0.3) is 0 Å². The largest absolute Gasteiger partial charge is 0.465 e. The van der Waals surface area contributed by atoms with Gasteiger partial charge >= 0.3 is 5.97 Å². The molecule has 0 radical (unpaired) electrons. The van der Waals surface area contributed by atoms with E-state index in [1.54, 1.807) is 0 Å². The van der Waals surface area contributed by atoms with Gasteiger partial charge in [-0.3, -0.25) is 0 Å².